The zero-order valence-corrected chi connectivity index (χ0v) is 14.8. The number of benzene rings is 1. The highest BCUT2D eigenvalue weighted by Crippen LogP contribution is 2.25. The number of aromatic nitrogens is 2. The number of hydrogen-bond acceptors (Lipinski definition) is 4. The maximum atomic E-state index is 14.4. The fourth-order valence-corrected chi connectivity index (χ4v) is 2.66. The van der Waals surface area contributed by atoms with Crippen molar-refractivity contribution in [3.63, 3.8) is 0 Å². The molecule has 2 heterocycles. The van der Waals surface area contributed by atoms with Gasteiger partial charge in [-0.3, -0.25) is 14.6 Å². The Morgan fingerprint density at radius 1 is 1.19 bits per heavy atom. The van der Waals surface area contributed by atoms with Crippen molar-refractivity contribution in [3.8, 4) is 5.75 Å². The lowest BCUT2D eigenvalue weighted by Gasteiger charge is -2.20. The molecule has 0 bridgehead atoms. The normalized spacial score (nSPS) is 11.7. The van der Waals surface area contributed by atoms with Crippen molar-refractivity contribution in [2.45, 2.75) is 6.04 Å². The van der Waals surface area contributed by atoms with E-state index in [1.807, 2.05) is 0 Å². The van der Waals surface area contributed by atoms with Gasteiger partial charge in [0.1, 0.15) is 17.3 Å². The first-order valence-electron chi connectivity index (χ1n) is 8.21. The Kier molecular flexibility index (Phi) is 5.30. The van der Waals surface area contributed by atoms with E-state index in [2.05, 4.69) is 10.3 Å². The van der Waals surface area contributed by atoms with E-state index < -0.39 is 17.8 Å². The molecule has 27 heavy (non-hydrogen) atoms. The van der Waals surface area contributed by atoms with Crippen LogP contribution in [0.3, 0.4) is 0 Å². The fourth-order valence-electron chi connectivity index (χ4n) is 2.66. The van der Waals surface area contributed by atoms with E-state index in [0.29, 0.717) is 11.3 Å². The second-order valence-electron chi connectivity index (χ2n) is 5.92. The van der Waals surface area contributed by atoms with Crippen LogP contribution in [0.25, 0.3) is 0 Å². The first-order chi connectivity index (χ1) is 13.0. The van der Waals surface area contributed by atoms with Gasteiger partial charge in [-0.2, -0.15) is 0 Å². The van der Waals surface area contributed by atoms with E-state index in [9.17, 15) is 14.0 Å². The molecule has 3 rings (SSSR count). The summed E-state index contributed by atoms with van der Waals surface area (Å²) in [5, 5.41) is 2.79. The Balaban J connectivity index is 1.98. The summed E-state index contributed by atoms with van der Waals surface area (Å²) >= 11 is 0. The van der Waals surface area contributed by atoms with Crippen LogP contribution in [0.15, 0.2) is 65.7 Å². The van der Waals surface area contributed by atoms with Crippen LogP contribution in [0.1, 0.15) is 27.7 Å². The van der Waals surface area contributed by atoms with Crippen LogP contribution in [0, 0.1) is 5.82 Å². The van der Waals surface area contributed by atoms with E-state index >= 15 is 0 Å². The number of hydrogen-bond donors (Lipinski definition) is 1. The van der Waals surface area contributed by atoms with Gasteiger partial charge < -0.3 is 14.6 Å². The van der Waals surface area contributed by atoms with Gasteiger partial charge in [0, 0.05) is 25.5 Å². The van der Waals surface area contributed by atoms with Crippen molar-refractivity contribution in [1.82, 2.24) is 14.9 Å². The number of halogens is 1. The third kappa shape index (κ3) is 4.03. The highest BCUT2D eigenvalue weighted by Gasteiger charge is 2.22. The monoisotopic (exact) mass is 367 g/mol. The number of aryl methyl sites for hydroxylation is 1. The highest BCUT2D eigenvalue weighted by atomic mass is 19.1. The lowest BCUT2D eigenvalue weighted by molar-refractivity contribution is 0.0941. The van der Waals surface area contributed by atoms with Crippen LogP contribution in [0.5, 0.6) is 5.75 Å². The van der Waals surface area contributed by atoms with Gasteiger partial charge in [0.05, 0.1) is 18.7 Å². The van der Waals surface area contributed by atoms with Gasteiger partial charge in [-0.15, -0.1) is 0 Å². The number of ether oxygens (including phenoxy) is 1. The molecule has 7 heteroatoms. The minimum absolute atomic E-state index is 0.0980. The molecule has 1 N–H and O–H groups in total. The quantitative estimate of drug-likeness (QED) is 0.752. The molecule has 1 unspecified atom stereocenters. The van der Waals surface area contributed by atoms with Crippen LogP contribution in [0.2, 0.25) is 0 Å². The van der Waals surface area contributed by atoms with E-state index in [1.165, 1.54) is 41.2 Å². The van der Waals surface area contributed by atoms with Gasteiger partial charge in [0.15, 0.2) is 0 Å². The standard InChI is InChI=1S/C20H18FN3O3/c1-24-12-14(7-10-17(24)25)20(26)23-18(19-16(21)4-3-11-22-19)13-5-8-15(27-2)9-6-13/h3-12,18H,1-2H3,(H,23,26). The van der Waals surface area contributed by atoms with Gasteiger partial charge in [0.2, 0.25) is 5.56 Å². The Hall–Kier alpha value is -3.48. The Labute approximate surface area is 155 Å². The Morgan fingerprint density at radius 2 is 1.93 bits per heavy atom. The molecule has 0 aliphatic rings. The average Bonchev–Trinajstić information content (AvgIpc) is 2.69. The van der Waals surface area contributed by atoms with E-state index in [0.717, 1.165) is 0 Å². The number of nitrogens with zero attached hydrogens (tertiary/aromatic N) is 2. The van der Waals surface area contributed by atoms with Crippen molar-refractivity contribution in [3.05, 3.63) is 93.9 Å². The van der Waals surface area contributed by atoms with E-state index in [-0.39, 0.29) is 16.8 Å². The topological polar surface area (TPSA) is 73.2 Å². The minimum atomic E-state index is -0.804. The van der Waals surface area contributed by atoms with E-state index in [4.69, 9.17) is 4.74 Å². The van der Waals surface area contributed by atoms with Crippen LogP contribution in [-0.4, -0.2) is 22.6 Å². The number of carbonyl (C=O) groups is 1. The first-order valence-corrected chi connectivity index (χ1v) is 8.21. The molecule has 1 aromatic carbocycles. The molecule has 1 amide bonds. The summed E-state index contributed by atoms with van der Waals surface area (Å²) in [4.78, 5) is 28.3. The second-order valence-corrected chi connectivity index (χ2v) is 5.92. The maximum Gasteiger partial charge on any atom is 0.253 e. The van der Waals surface area contributed by atoms with Crippen molar-refractivity contribution in [1.29, 1.82) is 0 Å². The first kappa shape index (κ1) is 18.3. The summed E-state index contributed by atoms with van der Waals surface area (Å²) in [5.74, 6) is -0.334. The predicted molar refractivity (Wildman–Crippen MR) is 98.2 cm³/mol. The molecular weight excluding hydrogens is 349 g/mol. The largest absolute Gasteiger partial charge is 0.497 e. The summed E-state index contributed by atoms with van der Waals surface area (Å²) in [7, 11) is 3.10. The molecule has 0 spiro atoms. The van der Waals surface area contributed by atoms with Crippen LogP contribution in [0.4, 0.5) is 4.39 Å². The molecule has 1 atom stereocenters. The molecule has 0 saturated carbocycles. The number of rotatable bonds is 5. The molecule has 2 aromatic heterocycles. The molecule has 0 aliphatic carbocycles. The number of nitrogens with one attached hydrogen (secondary N) is 1. The Morgan fingerprint density at radius 3 is 2.56 bits per heavy atom. The van der Waals surface area contributed by atoms with Gasteiger partial charge in [-0.05, 0) is 35.9 Å². The number of methoxy groups -OCH3 is 1. The Bertz CT molecular complexity index is 1020. The maximum absolute atomic E-state index is 14.4. The second kappa shape index (κ2) is 7.82. The number of pyridine rings is 2. The van der Waals surface area contributed by atoms with Crippen molar-refractivity contribution in [2.24, 2.45) is 7.05 Å². The summed E-state index contributed by atoms with van der Waals surface area (Å²) in [6.45, 7) is 0. The smallest absolute Gasteiger partial charge is 0.253 e. The summed E-state index contributed by atoms with van der Waals surface area (Å²) in [6, 6.07) is 11.6. The van der Waals surface area contributed by atoms with E-state index in [1.54, 1.807) is 38.4 Å². The zero-order valence-electron chi connectivity index (χ0n) is 14.8. The minimum Gasteiger partial charge on any atom is -0.497 e. The molecule has 6 nitrogen and oxygen atoms in total. The highest BCUT2D eigenvalue weighted by molar-refractivity contribution is 5.94. The average molecular weight is 367 g/mol. The van der Waals surface area contributed by atoms with Gasteiger partial charge in [-0.1, -0.05) is 12.1 Å². The third-order valence-corrected chi connectivity index (χ3v) is 4.13. The van der Waals surface area contributed by atoms with Crippen molar-refractivity contribution < 1.29 is 13.9 Å². The summed E-state index contributed by atoms with van der Waals surface area (Å²) in [5.41, 5.74) is 0.799. The molecule has 3 aromatic rings. The van der Waals surface area contributed by atoms with Gasteiger partial charge >= 0.3 is 0 Å². The van der Waals surface area contributed by atoms with Gasteiger partial charge in [-0.25, -0.2) is 4.39 Å². The lowest BCUT2D eigenvalue weighted by Crippen LogP contribution is -2.31. The third-order valence-electron chi connectivity index (χ3n) is 4.13. The molecule has 0 radical (unpaired) electrons. The summed E-state index contributed by atoms with van der Waals surface area (Å²) in [6.07, 6.45) is 2.89. The molecule has 0 fully saturated rings. The van der Waals surface area contributed by atoms with Crippen LogP contribution in [-0.2, 0) is 7.05 Å². The summed E-state index contributed by atoms with van der Waals surface area (Å²) < 4.78 is 20.8. The molecule has 0 aliphatic heterocycles. The molecular formula is C20H18FN3O3. The van der Waals surface area contributed by atoms with Gasteiger partial charge in [0.25, 0.3) is 5.91 Å². The van der Waals surface area contributed by atoms with Crippen LogP contribution < -0.4 is 15.6 Å². The van der Waals surface area contributed by atoms with Crippen LogP contribution >= 0.6 is 0 Å². The van der Waals surface area contributed by atoms with Crippen molar-refractivity contribution in [2.75, 3.05) is 7.11 Å². The predicted octanol–water partition coefficient (Wildman–Crippen LogP) is 2.45. The van der Waals surface area contributed by atoms with Crippen molar-refractivity contribution >= 4 is 5.91 Å². The zero-order chi connectivity index (χ0) is 19.4. The molecule has 138 valence electrons. The lowest BCUT2D eigenvalue weighted by atomic mass is 10.0. The SMILES string of the molecule is COc1ccc(C(NC(=O)c2ccc(=O)n(C)c2)c2ncccc2F)cc1. The fraction of sp³-hybridized carbons (Fsp3) is 0.150. The molecule has 0 saturated heterocycles. The number of carbonyl (C=O) groups excluding carboxylic acids is 1. The number of amides is 1.